The van der Waals surface area contributed by atoms with Crippen molar-refractivity contribution in [1.82, 2.24) is 10.2 Å². The Morgan fingerprint density at radius 3 is 2.41 bits per heavy atom. The highest BCUT2D eigenvalue weighted by atomic mass is 16.6. The highest BCUT2D eigenvalue weighted by molar-refractivity contribution is 5.90. The zero-order valence-electron chi connectivity index (χ0n) is 18.8. The number of nitrogens with zero attached hydrogens (tertiary/aromatic N) is 1. The van der Waals surface area contributed by atoms with Gasteiger partial charge in [-0.15, -0.1) is 6.58 Å². The second-order valence-corrected chi connectivity index (χ2v) is 8.67. The minimum Gasteiger partial charge on any atom is -0.467 e. The number of carbonyl (C=O) groups is 3. The fourth-order valence-electron chi connectivity index (χ4n) is 3.48. The fraction of sp³-hybridized carbons (Fsp3) is 0.773. The quantitative estimate of drug-likeness (QED) is 0.319. The van der Waals surface area contributed by atoms with Gasteiger partial charge >= 0.3 is 12.1 Å². The summed E-state index contributed by atoms with van der Waals surface area (Å²) in [6.45, 7) is 13.3. The standard InChI is InChI=1S/C22H38N2O5/c1-8-11-12-13-15-14-17(15)29-21(27)23-18(22(4,5)6)19(25)24(10-3)16(9-2)20(26)28-7/h8,15-18H,1,9-14H2,2-7H3,(H,23,27)/t15-,16+,17-,18?/m1/s1. The van der Waals surface area contributed by atoms with E-state index in [0.29, 0.717) is 18.9 Å². The summed E-state index contributed by atoms with van der Waals surface area (Å²) in [7, 11) is 1.31. The summed E-state index contributed by atoms with van der Waals surface area (Å²) in [5.74, 6) is -0.383. The van der Waals surface area contributed by atoms with E-state index in [2.05, 4.69) is 11.9 Å². The molecular weight excluding hydrogens is 372 g/mol. The molecule has 1 aliphatic carbocycles. The average molecular weight is 411 g/mol. The van der Waals surface area contributed by atoms with Crippen molar-refractivity contribution in [1.29, 1.82) is 0 Å². The smallest absolute Gasteiger partial charge is 0.408 e. The summed E-state index contributed by atoms with van der Waals surface area (Å²) in [5.41, 5.74) is -0.551. The van der Waals surface area contributed by atoms with Crippen LogP contribution in [-0.4, -0.2) is 54.7 Å². The number of rotatable bonds is 11. The molecule has 29 heavy (non-hydrogen) atoms. The van der Waals surface area contributed by atoms with Gasteiger partial charge in [0.1, 0.15) is 18.2 Å². The van der Waals surface area contributed by atoms with Crippen molar-refractivity contribution in [3.05, 3.63) is 12.7 Å². The largest absolute Gasteiger partial charge is 0.467 e. The number of alkyl carbamates (subject to hydrolysis) is 1. The van der Waals surface area contributed by atoms with Gasteiger partial charge in [0, 0.05) is 6.54 Å². The predicted molar refractivity (Wildman–Crippen MR) is 112 cm³/mol. The van der Waals surface area contributed by atoms with Crippen molar-refractivity contribution in [2.24, 2.45) is 11.3 Å². The van der Waals surface area contributed by atoms with Crippen molar-refractivity contribution in [3.8, 4) is 0 Å². The Labute approximate surface area is 175 Å². The highest BCUT2D eigenvalue weighted by Gasteiger charge is 2.43. The third-order valence-corrected chi connectivity index (χ3v) is 5.33. The Hall–Kier alpha value is -2.05. The maximum Gasteiger partial charge on any atom is 0.408 e. The Kier molecular flexibility index (Phi) is 9.66. The average Bonchev–Trinajstić information content (AvgIpc) is 3.39. The minimum absolute atomic E-state index is 0.0868. The van der Waals surface area contributed by atoms with Crippen molar-refractivity contribution >= 4 is 18.0 Å². The van der Waals surface area contributed by atoms with Crippen LogP contribution in [0.3, 0.4) is 0 Å². The lowest BCUT2D eigenvalue weighted by Crippen LogP contribution is -2.58. The summed E-state index contributed by atoms with van der Waals surface area (Å²) < 4.78 is 10.4. The van der Waals surface area contributed by atoms with Crippen LogP contribution in [0.1, 0.15) is 66.7 Å². The molecule has 166 valence electrons. The molecule has 0 aromatic carbocycles. The molecule has 1 unspecified atom stereocenters. The molecule has 2 amide bonds. The van der Waals surface area contributed by atoms with Gasteiger partial charge in [-0.05, 0) is 50.4 Å². The Bertz CT molecular complexity index is 584. The number of esters is 1. The van der Waals surface area contributed by atoms with Crippen molar-refractivity contribution < 1.29 is 23.9 Å². The summed E-state index contributed by atoms with van der Waals surface area (Å²) in [6, 6.07) is -1.50. The van der Waals surface area contributed by atoms with Crippen LogP contribution in [-0.2, 0) is 19.1 Å². The van der Waals surface area contributed by atoms with Crippen LogP contribution in [0.2, 0.25) is 0 Å². The van der Waals surface area contributed by atoms with Crippen molar-refractivity contribution in [2.75, 3.05) is 13.7 Å². The number of hydrogen-bond acceptors (Lipinski definition) is 5. The maximum absolute atomic E-state index is 13.3. The van der Waals surface area contributed by atoms with E-state index in [9.17, 15) is 14.4 Å². The van der Waals surface area contributed by atoms with Gasteiger partial charge in [0.25, 0.3) is 0 Å². The zero-order chi connectivity index (χ0) is 22.2. The minimum atomic E-state index is -0.813. The number of hydrogen-bond donors (Lipinski definition) is 1. The van der Waals surface area contributed by atoms with Gasteiger partial charge < -0.3 is 19.7 Å². The Balaban J connectivity index is 2.78. The van der Waals surface area contributed by atoms with E-state index in [-0.39, 0.29) is 12.0 Å². The lowest BCUT2D eigenvalue weighted by molar-refractivity contribution is -0.154. The molecule has 1 fully saturated rings. The second kappa shape index (κ2) is 11.2. The van der Waals surface area contributed by atoms with Gasteiger partial charge in [0.05, 0.1) is 7.11 Å². The first-order valence-corrected chi connectivity index (χ1v) is 10.6. The Morgan fingerprint density at radius 1 is 1.28 bits per heavy atom. The molecule has 0 aromatic rings. The lowest BCUT2D eigenvalue weighted by Gasteiger charge is -2.36. The third kappa shape index (κ3) is 7.37. The molecule has 0 aromatic heterocycles. The second-order valence-electron chi connectivity index (χ2n) is 8.67. The molecule has 1 N–H and O–H groups in total. The number of carbonyl (C=O) groups excluding carboxylic acids is 3. The van der Waals surface area contributed by atoms with Gasteiger partial charge in [-0.1, -0.05) is 33.8 Å². The van der Waals surface area contributed by atoms with Crippen molar-refractivity contribution in [3.63, 3.8) is 0 Å². The normalized spacial score (nSPS) is 20.2. The fourth-order valence-corrected chi connectivity index (χ4v) is 3.48. The molecule has 1 rings (SSSR count). The van der Waals surface area contributed by atoms with E-state index < -0.39 is 29.6 Å². The van der Waals surface area contributed by atoms with Crippen LogP contribution < -0.4 is 5.32 Å². The first-order valence-electron chi connectivity index (χ1n) is 10.6. The number of unbranched alkanes of at least 4 members (excludes halogenated alkanes) is 1. The summed E-state index contributed by atoms with van der Waals surface area (Å²) in [6.07, 6.45) is 5.52. The number of amides is 2. The molecule has 7 heteroatoms. The molecule has 0 spiro atoms. The number of likely N-dealkylation sites (N-methyl/N-ethyl adjacent to an activating group) is 1. The summed E-state index contributed by atoms with van der Waals surface area (Å²) in [5, 5.41) is 2.75. The van der Waals surface area contributed by atoms with Crippen LogP contribution >= 0.6 is 0 Å². The van der Waals surface area contributed by atoms with Crippen LogP contribution in [0.5, 0.6) is 0 Å². The molecule has 0 saturated heterocycles. The number of methoxy groups -OCH3 is 1. The molecule has 1 saturated carbocycles. The summed E-state index contributed by atoms with van der Waals surface area (Å²) >= 11 is 0. The van der Waals surface area contributed by atoms with E-state index in [1.807, 2.05) is 33.8 Å². The SMILES string of the molecule is C=CCCC[C@@H]1C[C@H]1OC(=O)NC(C(=O)N(CC)[C@@H](CC)C(=O)OC)C(C)(C)C. The summed E-state index contributed by atoms with van der Waals surface area (Å²) in [4.78, 5) is 39.3. The van der Waals surface area contributed by atoms with E-state index >= 15 is 0 Å². The zero-order valence-corrected chi connectivity index (χ0v) is 18.8. The highest BCUT2D eigenvalue weighted by Crippen LogP contribution is 2.38. The van der Waals surface area contributed by atoms with Crippen LogP contribution in [0, 0.1) is 11.3 Å². The lowest BCUT2D eigenvalue weighted by atomic mass is 9.85. The molecule has 0 bridgehead atoms. The molecule has 7 nitrogen and oxygen atoms in total. The number of nitrogens with one attached hydrogen (secondary N) is 1. The first kappa shape index (κ1) is 25.0. The third-order valence-electron chi connectivity index (χ3n) is 5.33. The van der Waals surface area contributed by atoms with Gasteiger partial charge in [-0.3, -0.25) is 4.79 Å². The molecule has 4 atom stereocenters. The van der Waals surface area contributed by atoms with E-state index in [0.717, 1.165) is 25.7 Å². The van der Waals surface area contributed by atoms with Gasteiger partial charge in [0.2, 0.25) is 5.91 Å². The topological polar surface area (TPSA) is 84.9 Å². The van der Waals surface area contributed by atoms with E-state index in [1.165, 1.54) is 12.0 Å². The van der Waals surface area contributed by atoms with Gasteiger partial charge in [-0.25, -0.2) is 9.59 Å². The predicted octanol–water partition coefficient (Wildman–Crippen LogP) is 3.67. The van der Waals surface area contributed by atoms with Crippen LogP contribution in [0.15, 0.2) is 12.7 Å². The van der Waals surface area contributed by atoms with Crippen molar-refractivity contribution in [2.45, 2.75) is 84.9 Å². The van der Waals surface area contributed by atoms with E-state index in [1.54, 1.807) is 6.92 Å². The molecule has 0 aliphatic heterocycles. The van der Waals surface area contributed by atoms with Gasteiger partial charge in [-0.2, -0.15) is 0 Å². The number of allylic oxidation sites excluding steroid dienone is 1. The molecule has 0 heterocycles. The maximum atomic E-state index is 13.3. The van der Waals surface area contributed by atoms with E-state index in [4.69, 9.17) is 9.47 Å². The molecule has 1 aliphatic rings. The first-order chi connectivity index (χ1) is 13.6. The van der Waals surface area contributed by atoms with Crippen LogP contribution in [0.4, 0.5) is 4.79 Å². The molecule has 0 radical (unpaired) electrons. The van der Waals surface area contributed by atoms with Crippen LogP contribution in [0.25, 0.3) is 0 Å². The number of ether oxygens (including phenoxy) is 2. The molecular formula is C22H38N2O5. The van der Waals surface area contributed by atoms with Gasteiger partial charge in [0.15, 0.2) is 0 Å². The Morgan fingerprint density at radius 2 is 1.93 bits per heavy atom. The monoisotopic (exact) mass is 410 g/mol.